The summed E-state index contributed by atoms with van der Waals surface area (Å²) < 4.78 is 18.7. The lowest BCUT2D eigenvalue weighted by atomic mass is 10.2. The quantitative estimate of drug-likeness (QED) is 0.466. The van der Waals surface area contributed by atoms with Gasteiger partial charge in [-0.1, -0.05) is 18.5 Å². The molecule has 3 rings (SSSR count). The van der Waals surface area contributed by atoms with Gasteiger partial charge < -0.3 is 15.4 Å². The molecule has 1 heterocycles. The summed E-state index contributed by atoms with van der Waals surface area (Å²) in [6.07, 6.45) is 1.39. The van der Waals surface area contributed by atoms with Gasteiger partial charge in [-0.25, -0.2) is 24.6 Å². The summed E-state index contributed by atoms with van der Waals surface area (Å²) in [6.45, 7) is 2.43. The van der Waals surface area contributed by atoms with E-state index in [0.29, 0.717) is 40.4 Å². The summed E-state index contributed by atoms with van der Waals surface area (Å²) >= 11 is 5.84. The number of hydrogen-bond donors (Lipinski definition) is 4. The highest BCUT2D eigenvalue weighted by Crippen LogP contribution is 2.33. The second-order valence-electron chi connectivity index (χ2n) is 5.66. The molecule has 0 aliphatic rings. The van der Waals surface area contributed by atoms with Crippen LogP contribution in [0, 0.1) is 5.82 Å². The summed E-state index contributed by atoms with van der Waals surface area (Å²) in [5, 5.41) is 6.41. The summed E-state index contributed by atoms with van der Waals surface area (Å²) in [5.41, 5.74) is 6.79. The largest absolute Gasteiger partial charge is 0.494 e. The van der Waals surface area contributed by atoms with Crippen LogP contribution in [0.2, 0.25) is 5.02 Å². The predicted octanol–water partition coefficient (Wildman–Crippen LogP) is 3.82. The molecular weight excluding hydrogens is 387 g/mol. The number of halogens is 2. The fraction of sp³-hybridized carbons (Fsp3) is 0.167. The number of hydrogen-bond acceptors (Lipinski definition) is 6. The van der Waals surface area contributed by atoms with E-state index in [9.17, 15) is 9.18 Å². The molecule has 0 radical (unpaired) electrons. The Labute approximate surface area is 165 Å². The van der Waals surface area contributed by atoms with Crippen molar-refractivity contribution in [2.75, 3.05) is 24.3 Å². The number of ether oxygens (including phenoxy) is 1. The standard InChI is InChI=1S/C18H18ClFN6O2/c1-3-23-26-18(27)25-15-7-11-14(8-16(15)28-2)21-9-22-17(11)24-10-4-5-13(20)12(19)6-10/h4-9,23H,3H2,1-2H3,(H,21,22,24)(H2,25,26,27). The molecule has 0 aliphatic heterocycles. The molecule has 0 aliphatic carbocycles. The van der Waals surface area contributed by atoms with Crippen molar-refractivity contribution in [3.05, 3.63) is 47.5 Å². The van der Waals surface area contributed by atoms with Crippen molar-refractivity contribution < 1.29 is 13.9 Å². The molecule has 0 saturated carbocycles. The fourth-order valence-electron chi connectivity index (χ4n) is 2.48. The van der Waals surface area contributed by atoms with Gasteiger partial charge in [-0.15, -0.1) is 0 Å². The van der Waals surface area contributed by atoms with E-state index in [1.165, 1.54) is 25.6 Å². The van der Waals surface area contributed by atoms with Crippen molar-refractivity contribution in [2.45, 2.75) is 6.92 Å². The Morgan fingerprint density at radius 1 is 1.25 bits per heavy atom. The molecule has 8 nitrogen and oxygen atoms in total. The first-order chi connectivity index (χ1) is 13.5. The highest BCUT2D eigenvalue weighted by Gasteiger charge is 2.13. The van der Waals surface area contributed by atoms with Crippen LogP contribution in [-0.2, 0) is 0 Å². The van der Waals surface area contributed by atoms with Crippen LogP contribution in [0.4, 0.5) is 26.4 Å². The van der Waals surface area contributed by atoms with Crippen LogP contribution in [-0.4, -0.2) is 29.7 Å². The van der Waals surface area contributed by atoms with Crippen LogP contribution in [0.3, 0.4) is 0 Å². The van der Waals surface area contributed by atoms with Crippen LogP contribution >= 0.6 is 11.6 Å². The Balaban J connectivity index is 1.98. The number of amides is 2. The van der Waals surface area contributed by atoms with Gasteiger partial charge in [0.15, 0.2) is 0 Å². The van der Waals surface area contributed by atoms with Gasteiger partial charge in [0.25, 0.3) is 0 Å². The van der Waals surface area contributed by atoms with E-state index in [1.54, 1.807) is 18.2 Å². The van der Waals surface area contributed by atoms with Gasteiger partial charge in [-0.05, 0) is 24.3 Å². The first-order valence-corrected chi connectivity index (χ1v) is 8.74. The summed E-state index contributed by atoms with van der Waals surface area (Å²) in [7, 11) is 1.50. The van der Waals surface area contributed by atoms with Gasteiger partial charge in [0.1, 0.15) is 23.7 Å². The van der Waals surface area contributed by atoms with E-state index in [0.717, 1.165) is 0 Å². The number of hydrazine groups is 1. The molecule has 0 bridgehead atoms. The number of benzene rings is 2. The smallest absolute Gasteiger partial charge is 0.333 e. The highest BCUT2D eigenvalue weighted by atomic mass is 35.5. The molecule has 146 valence electrons. The zero-order valence-corrected chi connectivity index (χ0v) is 15.9. The lowest BCUT2D eigenvalue weighted by Gasteiger charge is -2.14. The van der Waals surface area contributed by atoms with Crippen LogP contribution in [0.1, 0.15) is 6.92 Å². The highest BCUT2D eigenvalue weighted by molar-refractivity contribution is 6.31. The third-order valence-corrected chi connectivity index (χ3v) is 4.06. The Bertz CT molecular complexity index is 1020. The van der Waals surface area contributed by atoms with Crippen molar-refractivity contribution >= 4 is 45.7 Å². The molecule has 10 heteroatoms. The number of anilines is 3. The molecule has 3 aromatic rings. The van der Waals surface area contributed by atoms with E-state index in [2.05, 4.69) is 31.5 Å². The maximum absolute atomic E-state index is 13.4. The van der Waals surface area contributed by atoms with Gasteiger partial charge in [-0.3, -0.25) is 5.43 Å². The van der Waals surface area contributed by atoms with E-state index in [-0.39, 0.29) is 5.02 Å². The molecule has 0 spiro atoms. The van der Waals surface area contributed by atoms with E-state index < -0.39 is 11.8 Å². The molecule has 0 saturated heterocycles. The number of carbonyl (C=O) groups is 1. The second-order valence-corrected chi connectivity index (χ2v) is 6.06. The molecule has 28 heavy (non-hydrogen) atoms. The Morgan fingerprint density at radius 3 is 2.79 bits per heavy atom. The maximum Gasteiger partial charge on any atom is 0.333 e. The fourth-order valence-corrected chi connectivity index (χ4v) is 2.66. The third kappa shape index (κ3) is 4.38. The van der Waals surface area contributed by atoms with Crippen LogP contribution in [0.15, 0.2) is 36.7 Å². The van der Waals surface area contributed by atoms with E-state index >= 15 is 0 Å². The monoisotopic (exact) mass is 404 g/mol. The molecule has 0 fully saturated rings. The van der Waals surface area contributed by atoms with Crippen molar-refractivity contribution in [1.29, 1.82) is 0 Å². The minimum absolute atomic E-state index is 0.00696. The molecule has 0 unspecified atom stereocenters. The molecule has 1 aromatic heterocycles. The summed E-state index contributed by atoms with van der Waals surface area (Å²) in [5.74, 6) is 0.391. The first kappa shape index (κ1) is 19.6. The minimum atomic E-state index is -0.511. The normalized spacial score (nSPS) is 10.6. The van der Waals surface area contributed by atoms with Gasteiger partial charge in [0, 0.05) is 23.7 Å². The third-order valence-electron chi connectivity index (χ3n) is 3.77. The summed E-state index contributed by atoms with van der Waals surface area (Å²) in [6, 6.07) is 7.18. The number of nitrogens with one attached hydrogen (secondary N) is 4. The average molecular weight is 405 g/mol. The number of fused-ring (bicyclic) bond motifs is 1. The van der Waals surface area contributed by atoms with E-state index in [1.807, 2.05) is 6.92 Å². The SMILES string of the molecule is CCNNC(=O)Nc1cc2c(Nc3ccc(F)c(Cl)c3)ncnc2cc1OC. The summed E-state index contributed by atoms with van der Waals surface area (Å²) in [4.78, 5) is 20.5. The van der Waals surface area contributed by atoms with Gasteiger partial charge in [0.05, 0.1) is 23.3 Å². The second kappa shape index (κ2) is 8.68. The van der Waals surface area contributed by atoms with Gasteiger partial charge >= 0.3 is 6.03 Å². The Hall–Kier alpha value is -3.17. The van der Waals surface area contributed by atoms with E-state index in [4.69, 9.17) is 16.3 Å². The lowest BCUT2D eigenvalue weighted by molar-refractivity contribution is 0.248. The zero-order chi connectivity index (χ0) is 20.1. The Kier molecular flexibility index (Phi) is 6.07. The number of nitrogens with zero attached hydrogens (tertiary/aromatic N) is 2. The van der Waals surface area contributed by atoms with Crippen molar-refractivity contribution in [3.63, 3.8) is 0 Å². The number of methoxy groups -OCH3 is 1. The van der Waals surface area contributed by atoms with Crippen molar-refractivity contribution in [3.8, 4) is 5.75 Å². The maximum atomic E-state index is 13.4. The topological polar surface area (TPSA) is 100 Å². The zero-order valence-electron chi connectivity index (χ0n) is 15.1. The predicted molar refractivity (Wildman–Crippen MR) is 107 cm³/mol. The number of urea groups is 1. The number of aromatic nitrogens is 2. The van der Waals surface area contributed by atoms with Gasteiger partial charge in [-0.2, -0.15) is 0 Å². The van der Waals surface area contributed by atoms with Crippen molar-refractivity contribution in [2.24, 2.45) is 0 Å². The van der Waals surface area contributed by atoms with Crippen LogP contribution < -0.4 is 26.2 Å². The average Bonchev–Trinajstić information content (AvgIpc) is 2.69. The number of rotatable bonds is 6. The number of carbonyl (C=O) groups excluding carboxylic acids is 1. The van der Waals surface area contributed by atoms with Crippen molar-refractivity contribution in [1.82, 2.24) is 20.8 Å². The molecule has 2 aromatic carbocycles. The molecule has 2 amide bonds. The molecule has 0 atom stereocenters. The first-order valence-electron chi connectivity index (χ1n) is 8.36. The minimum Gasteiger partial charge on any atom is -0.494 e. The lowest BCUT2D eigenvalue weighted by Crippen LogP contribution is -2.40. The Morgan fingerprint density at radius 2 is 2.07 bits per heavy atom. The van der Waals surface area contributed by atoms with Gasteiger partial charge in [0.2, 0.25) is 0 Å². The molecular formula is C18H18ClFN6O2. The van der Waals surface area contributed by atoms with Crippen LogP contribution in [0.5, 0.6) is 5.75 Å². The molecule has 4 N–H and O–H groups in total. The van der Waals surface area contributed by atoms with Crippen LogP contribution in [0.25, 0.3) is 10.9 Å².